The topological polar surface area (TPSA) is 55.9 Å². The second kappa shape index (κ2) is 9.25. The first-order valence-electron chi connectivity index (χ1n) is 9.61. The van der Waals surface area contributed by atoms with Gasteiger partial charge in [-0.2, -0.15) is 0 Å². The molecule has 1 atom stereocenters. The van der Waals surface area contributed by atoms with Crippen LogP contribution in [0.5, 0.6) is 0 Å². The molecule has 0 aromatic carbocycles. The largest absolute Gasteiger partial charge is 0.352 e. The van der Waals surface area contributed by atoms with Crippen molar-refractivity contribution in [3.8, 4) is 0 Å². The van der Waals surface area contributed by atoms with Crippen molar-refractivity contribution >= 4 is 11.9 Å². The Balaban J connectivity index is 1.77. The number of hydrogen-bond acceptors (Lipinski definition) is 3. The number of carbonyl (C=O) groups excluding carboxylic acids is 2. The molecular weight excluding hydrogens is 304 g/mol. The van der Waals surface area contributed by atoms with Gasteiger partial charge >= 0.3 is 6.03 Å². The smallest absolute Gasteiger partial charge is 0.319 e. The predicted octanol–water partition coefficient (Wildman–Crippen LogP) is 1.90. The third kappa shape index (κ3) is 4.85. The third-order valence-corrected chi connectivity index (χ3v) is 5.46. The number of amides is 3. The fourth-order valence-corrected chi connectivity index (χ4v) is 3.72. The summed E-state index contributed by atoms with van der Waals surface area (Å²) in [4.78, 5) is 31.0. The minimum absolute atomic E-state index is 0.0528. The van der Waals surface area contributed by atoms with Crippen molar-refractivity contribution in [2.75, 3.05) is 39.8 Å². The number of urea groups is 1. The molecule has 0 bridgehead atoms. The van der Waals surface area contributed by atoms with E-state index in [1.807, 2.05) is 16.8 Å². The number of likely N-dealkylation sites (N-methyl/N-ethyl adjacent to an activating group) is 1. The third-order valence-electron chi connectivity index (χ3n) is 5.46. The lowest BCUT2D eigenvalue weighted by Crippen LogP contribution is -2.54. The number of likely N-dealkylation sites (tertiary alicyclic amines) is 2. The zero-order valence-corrected chi connectivity index (χ0v) is 15.6. The van der Waals surface area contributed by atoms with Crippen molar-refractivity contribution < 1.29 is 9.59 Å². The van der Waals surface area contributed by atoms with Crippen LogP contribution in [0.4, 0.5) is 4.79 Å². The molecule has 2 aliphatic rings. The first-order valence-corrected chi connectivity index (χ1v) is 9.61. The van der Waals surface area contributed by atoms with Gasteiger partial charge in [-0.1, -0.05) is 13.8 Å². The van der Waals surface area contributed by atoms with Crippen LogP contribution in [0.3, 0.4) is 0 Å². The van der Waals surface area contributed by atoms with E-state index in [9.17, 15) is 9.59 Å². The van der Waals surface area contributed by atoms with Crippen molar-refractivity contribution in [2.24, 2.45) is 0 Å². The molecule has 1 unspecified atom stereocenters. The van der Waals surface area contributed by atoms with Crippen LogP contribution in [0.1, 0.15) is 52.4 Å². The summed E-state index contributed by atoms with van der Waals surface area (Å²) in [5.41, 5.74) is 0. The second-order valence-electron chi connectivity index (χ2n) is 7.10. The quantitative estimate of drug-likeness (QED) is 0.833. The highest BCUT2D eigenvalue weighted by molar-refractivity contribution is 5.82. The minimum atomic E-state index is -0.0528. The Hall–Kier alpha value is -1.30. The lowest BCUT2D eigenvalue weighted by atomic mass is 10.0. The van der Waals surface area contributed by atoms with E-state index in [1.165, 1.54) is 6.42 Å². The van der Waals surface area contributed by atoms with Gasteiger partial charge in [0, 0.05) is 32.2 Å². The van der Waals surface area contributed by atoms with Gasteiger partial charge in [0.1, 0.15) is 0 Å². The molecule has 0 radical (unpaired) electrons. The fraction of sp³-hybridized carbons (Fsp3) is 0.889. The van der Waals surface area contributed by atoms with Crippen molar-refractivity contribution in [3.63, 3.8) is 0 Å². The van der Waals surface area contributed by atoms with Crippen LogP contribution >= 0.6 is 0 Å². The van der Waals surface area contributed by atoms with E-state index in [4.69, 9.17) is 0 Å². The maximum atomic E-state index is 12.5. The SMILES string of the molecule is CCC(C(=O)NC1CCN(C(=O)N2CCCCC2)CC1)N(C)CC. The molecule has 2 saturated heterocycles. The van der Waals surface area contributed by atoms with Crippen molar-refractivity contribution in [1.29, 1.82) is 0 Å². The molecule has 0 saturated carbocycles. The highest BCUT2D eigenvalue weighted by atomic mass is 16.2. The summed E-state index contributed by atoms with van der Waals surface area (Å²) in [6.07, 6.45) is 6.03. The highest BCUT2D eigenvalue weighted by Gasteiger charge is 2.29. The monoisotopic (exact) mass is 338 g/mol. The molecule has 0 spiro atoms. The molecule has 2 aliphatic heterocycles. The summed E-state index contributed by atoms with van der Waals surface area (Å²) < 4.78 is 0. The summed E-state index contributed by atoms with van der Waals surface area (Å²) in [5, 5.41) is 3.19. The molecule has 0 aliphatic carbocycles. The van der Waals surface area contributed by atoms with Crippen LogP contribution in [0.25, 0.3) is 0 Å². The van der Waals surface area contributed by atoms with Gasteiger partial charge in [-0.15, -0.1) is 0 Å². The summed E-state index contributed by atoms with van der Waals surface area (Å²) >= 11 is 0. The summed E-state index contributed by atoms with van der Waals surface area (Å²) in [6, 6.07) is 0.335. The van der Waals surface area contributed by atoms with Crippen molar-refractivity contribution in [3.05, 3.63) is 0 Å². The van der Waals surface area contributed by atoms with Crippen LogP contribution in [-0.2, 0) is 4.79 Å². The number of nitrogens with zero attached hydrogens (tertiary/aromatic N) is 3. The van der Waals surface area contributed by atoms with Gasteiger partial charge < -0.3 is 15.1 Å². The van der Waals surface area contributed by atoms with Gasteiger partial charge in [-0.05, 0) is 52.1 Å². The van der Waals surface area contributed by atoms with Crippen LogP contribution < -0.4 is 5.32 Å². The Labute approximate surface area is 146 Å². The van der Waals surface area contributed by atoms with Gasteiger partial charge in [-0.25, -0.2) is 4.79 Å². The average Bonchev–Trinajstić information content (AvgIpc) is 2.63. The number of piperidine rings is 2. The van der Waals surface area contributed by atoms with E-state index in [0.717, 1.165) is 64.8 Å². The Morgan fingerprint density at radius 2 is 1.62 bits per heavy atom. The number of rotatable bonds is 5. The van der Waals surface area contributed by atoms with Gasteiger partial charge in [0.05, 0.1) is 6.04 Å². The van der Waals surface area contributed by atoms with E-state index in [0.29, 0.717) is 0 Å². The molecule has 2 fully saturated rings. The van der Waals surface area contributed by atoms with Crippen molar-refractivity contribution in [1.82, 2.24) is 20.0 Å². The van der Waals surface area contributed by atoms with Gasteiger partial charge in [0.15, 0.2) is 0 Å². The molecule has 2 rings (SSSR count). The number of nitrogens with one attached hydrogen (secondary N) is 1. The molecule has 2 heterocycles. The van der Waals surface area contributed by atoms with E-state index < -0.39 is 0 Å². The average molecular weight is 338 g/mol. The lowest BCUT2D eigenvalue weighted by Gasteiger charge is -2.37. The second-order valence-corrected chi connectivity index (χ2v) is 7.10. The standard InChI is InChI=1S/C18H34N4O2/c1-4-16(20(3)5-2)17(23)19-15-9-13-22(14-10-15)18(24)21-11-7-6-8-12-21/h15-16H,4-14H2,1-3H3,(H,19,23). The van der Waals surface area contributed by atoms with Crippen LogP contribution in [0.15, 0.2) is 0 Å². The fourth-order valence-electron chi connectivity index (χ4n) is 3.72. The Kier molecular flexibility index (Phi) is 7.34. The van der Waals surface area contributed by atoms with Gasteiger partial charge in [-0.3, -0.25) is 9.69 Å². The zero-order chi connectivity index (χ0) is 17.5. The van der Waals surface area contributed by atoms with E-state index in [2.05, 4.69) is 24.1 Å². The Morgan fingerprint density at radius 1 is 1.04 bits per heavy atom. The predicted molar refractivity (Wildman–Crippen MR) is 95.9 cm³/mol. The molecule has 3 amide bonds. The summed E-state index contributed by atoms with van der Waals surface area (Å²) in [6.45, 7) is 8.29. The molecule has 1 N–H and O–H groups in total. The van der Waals surface area contributed by atoms with Crippen LogP contribution in [0, 0.1) is 0 Å². The van der Waals surface area contributed by atoms with E-state index in [-0.39, 0.29) is 24.0 Å². The van der Waals surface area contributed by atoms with Crippen LogP contribution in [-0.4, -0.2) is 78.5 Å². The molecule has 24 heavy (non-hydrogen) atoms. The van der Waals surface area contributed by atoms with Gasteiger partial charge in [0.25, 0.3) is 0 Å². The molecule has 0 aromatic rings. The van der Waals surface area contributed by atoms with E-state index in [1.54, 1.807) is 0 Å². The molecule has 0 aromatic heterocycles. The molecule has 6 heteroatoms. The van der Waals surface area contributed by atoms with Crippen molar-refractivity contribution in [2.45, 2.75) is 64.5 Å². The molecule has 6 nitrogen and oxygen atoms in total. The Bertz CT molecular complexity index is 415. The number of hydrogen-bond donors (Lipinski definition) is 1. The van der Waals surface area contributed by atoms with Gasteiger partial charge in [0.2, 0.25) is 5.91 Å². The first kappa shape index (κ1) is 19.0. The maximum Gasteiger partial charge on any atom is 0.319 e. The maximum absolute atomic E-state index is 12.5. The first-order chi connectivity index (χ1) is 11.6. The molecule has 138 valence electrons. The lowest BCUT2D eigenvalue weighted by molar-refractivity contribution is -0.127. The summed E-state index contributed by atoms with van der Waals surface area (Å²) in [7, 11) is 1.99. The normalized spacial score (nSPS) is 21.0. The highest BCUT2D eigenvalue weighted by Crippen LogP contribution is 2.16. The summed E-state index contributed by atoms with van der Waals surface area (Å²) in [5.74, 6) is 0.127. The minimum Gasteiger partial charge on any atom is -0.352 e. The zero-order valence-electron chi connectivity index (χ0n) is 15.6. The van der Waals surface area contributed by atoms with E-state index >= 15 is 0 Å². The Morgan fingerprint density at radius 3 is 2.17 bits per heavy atom. The number of carbonyl (C=O) groups is 2. The molecular formula is C18H34N4O2. The van der Waals surface area contributed by atoms with Crippen LogP contribution in [0.2, 0.25) is 0 Å².